The highest BCUT2D eigenvalue weighted by atomic mass is 79.9. The minimum absolute atomic E-state index is 0.0167. The van der Waals surface area contributed by atoms with Crippen LogP contribution in [0.5, 0.6) is 0 Å². The Morgan fingerprint density at radius 2 is 1.86 bits per heavy atom. The van der Waals surface area contributed by atoms with Crippen LogP contribution in [0, 0.1) is 0 Å². The number of carbonyl (C=O) groups excluding carboxylic acids is 1. The van der Waals surface area contributed by atoms with Crippen molar-refractivity contribution >= 4 is 37.5 Å². The molecular weight excluding hydrogens is 356 g/mol. The van der Waals surface area contributed by atoms with Crippen molar-refractivity contribution < 1.29 is 13.2 Å². The van der Waals surface area contributed by atoms with Gasteiger partial charge in [-0.05, 0) is 29.8 Å². The first kappa shape index (κ1) is 14.1. The molecule has 1 aliphatic heterocycles. The van der Waals surface area contributed by atoms with Gasteiger partial charge in [-0.15, -0.1) is 0 Å². The van der Waals surface area contributed by atoms with Gasteiger partial charge in [0, 0.05) is 10.2 Å². The fourth-order valence-corrected chi connectivity index (χ4v) is 4.22. The number of fused-ring (bicyclic) bond motifs is 1. The number of carbonyl (C=O) groups is 1. The molecule has 21 heavy (non-hydrogen) atoms. The summed E-state index contributed by atoms with van der Waals surface area (Å²) in [6.45, 7) is -0.0167. The third kappa shape index (κ3) is 2.22. The first-order valence-electron chi connectivity index (χ1n) is 6.11. The van der Waals surface area contributed by atoms with Gasteiger partial charge in [0.1, 0.15) is 4.90 Å². The van der Waals surface area contributed by atoms with Crippen LogP contribution in [0.2, 0.25) is 0 Å². The zero-order valence-corrected chi connectivity index (χ0v) is 13.2. The van der Waals surface area contributed by atoms with Crippen LogP contribution in [0.4, 0.5) is 5.69 Å². The monoisotopic (exact) mass is 366 g/mol. The third-order valence-electron chi connectivity index (χ3n) is 3.30. The number of halogens is 1. The molecule has 0 unspecified atom stereocenters. The first-order chi connectivity index (χ1) is 9.91. The second-order valence-electron chi connectivity index (χ2n) is 4.66. The highest BCUT2D eigenvalue weighted by molar-refractivity contribution is 9.10. The molecule has 2 N–H and O–H groups in total. The molecule has 1 aliphatic rings. The number of nitrogens with two attached hydrogens (primary N) is 1. The van der Waals surface area contributed by atoms with Gasteiger partial charge < -0.3 is 5.73 Å². The number of sulfonamides is 1. The normalized spacial score (nSPS) is 16.0. The van der Waals surface area contributed by atoms with Gasteiger partial charge in [0.25, 0.3) is 15.9 Å². The van der Waals surface area contributed by atoms with E-state index < -0.39 is 15.9 Å². The van der Waals surface area contributed by atoms with Gasteiger partial charge in [0.2, 0.25) is 0 Å². The highest BCUT2D eigenvalue weighted by Gasteiger charge is 2.41. The Morgan fingerprint density at radius 3 is 2.57 bits per heavy atom. The van der Waals surface area contributed by atoms with Gasteiger partial charge in [-0.2, -0.15) is 0 Å². The number of amides is 1. The van der Waals surface area contributed by atoms with Crippen LogP contribution in [0.15, 0.2) is 51.8 Å². The summed E-state index contributed by atoms with van der Waals surface area (Å²) < 4.78 is 26.6. The van der Waals surface area contributed by atoms with Gasteiger partial charge in [-0.25, -0.2) is 12.7 Å². The van der Waals surface area contributed by atoms with Crippen LogP contribution in [-0.4, -0.2) is 18.6 Å². The minimum atomic E-state index is -3.85. The molecule has 0 aromatic heterocycles. The fourth-order valence-electron chi connectivity index (χ4n) is 2.23. The molecule has 0 bridgehead atoms. The van der Waals surface area contributed by atoms with Crippen LogP contribution in [0.3, 0.4) is 0 Å². The van der Waals surface area contributed by atoms with Crippen molar-refractivity contribution in [1.29, 1.82) is 0 Å². The van der Waals surface area contributed by atoms with Crippen molar-refractivity contribution in [3.8, 4) is 0 Å². The summed E-state index contributed by atoms with van der Waals surface area (Å²) in [7, 11) is -3.85. The number of nitrogens with zero attached hydrogens (tertiary/aromatic N) is 1. The van der Waals surface area contributed by atoms with Gasteiger partial charge >= 0.3 is 0 Å². The second kappa shape index (κ2) is 4.85. The lowest BCUT2D eigenvalue weighted by atomic mass is 10.2. The van der Waals surface area contributed by atoms with Crippen molar-refractivity contribution in [3.05, 3.63) is 58.1 Å². The maximum Gasteiger partial charge on any atom is 0.269 e. The van der Waals surface area contributed by atoms with Crippen molar-refractivity contribution in [2.24, 2.45) is 0 Å². The molecule has 0 fully saturated rings. The molecule has 2 aromatic rings. The van der Waals surface area contributed by atoms with Gasteiger partial charge in [-0.3, -0.25) is 4.79 Å². The van der Waals surface area contributed by atoms with Crippen LogP contribution in [-0.2, 0) is 16.6 Å². The Hall–Kier alpha value is -1.86. The van der Waals surface area contributed by atoms with Gasteiger partial charge in [0.15, 0.2) is 0 Å². The second-order valence-corrected chi connectivity index (χ2v) is 7.35. The Morgan fingerprint density at radius 1 is 1.14 bits per heavy atom. The molecule has 0 spiro atoms. The molecule has 0 aliphatic carbocycles. The van der Waals surface area contributed by atoms with E-state index in [0.717, 1.165) is 14.3 Å². The van der Waals surface area contributed by atoms with E-state index in [9.17, 15) is 13.2 Å². The molecule has 1 heterocycles. The molecule has 0 atom stereocenters. The maximum absolute atomic E-state index is 12.5. The number of hydrogen-bond acceptors (Lipinski definition) is 4. The van der Waals surface area contributed by atoms with E-state index in [1.807, 2.05) is 6.07 Å². The van der Waals surface area contributed by atoms with E-state index in [4.69, 9.17) is 5.73 Å². The van der Waals surface area contributed by atoms with E-state index >= 15 is 0 Å². The third-order valence-corrected chi connectivity index (χ3v) is 5.84. The van der Waals surface area contributed by atoms with E-state index in [1.54, 1.807) is 18.2 Å². The molecule has 3 rings (SSSR count). The molecule has 5 nitrogen and oxygen atoms in total. The summed E-state index contributed by atoms with van der Waals surface area (Å²) >= 11 is 3.36. The predicted molar refractivity (Wildman–Crippen MR) is 82.1 cm³/mol. The average Bonchev–Trinajstić information content (AvgIpc) is 2.62. The van der Waals surface area contributed by atoms with Gasteiger partial charge in [-0.1, -0.05) is 34.1 Å². The van der Waals surface area contributed by atoms with Gasteiger partial charge in [0.05, 0.1) is 12.1 Å². The number of nitrogen functional groups attached to an aromatic ring is 1. The van der Waals surface area contributed by atoms with Crippen molar-refractivity contribution in [1.82, 2.24) is 4.31 Å². The van der Waals surface area contributed by atoms with E-state index in [2.05, 4.69) is 15.9 Å². The Labute approximate surface area is 130 Å². The standard InChI is InChI=1S/C14H11BrN2O3S/c15-12-4-2-1-3-9(12)8-17-14(18)11-6-5-10(16)7-13(11)21(17,19)20/h1-7H,8,16H2. The van der Waals surface area contributed by atoms with Crippen LogP contribution in [0.25, 0.3) is 0 Å². The summed E-state index contributed by atoms with van der Waals surface area (Å²) in [5.41, 5.74) is 6.81. The molecule has 0 saturated carbocycles. The molecule has 1 amide bonds. The Bertz CT molecular complexity index is 849. The number of anilines is 1. The lowest BCUT2D eigenvalue weighted by Gasteiger charge is -2.16. The summed E-state index contributed by atoms with van der Waals surface area (Å²) in [5, 5.41) is 0. The minimum Gasteiger partial charge on any atom is -0.399 e. The lowest BCUT2D eigenvalue weighted by molar-refractivity contribution is 0.0865. The SMILES string of the molecule is Nc1ccc2c(c1)S(=O)(=O)N(Cc1ccccc1Br)C2=O. The highest BCUT2D eigenvalue weighted by Crippen LogP contribution is 2.33. The number of hydrogen-bond donors (Lipinski definition) is 1. The Kier molecular flexibility index (Phi) is 3.26. The van der Waals surface area contributed by atoms with Crippen LogP contribution < -0.4 is 5.73 Å². The van der Waals surface area contributed by atoms with E-state index in [0.29, 0.717) is 5.69 Å². The van der Waals surface area contributed by atoms with E-state index in [1.165, 1.54) is 18.2 Å². The Balaban J connectivity index is 2.07. The summed E-state index contributed by atoms with van der Waals surface area (Å²) in [6.07, 6.45) is 0. The first-order valence-corrected chi connectivity index (χ1v) is 8.34. The van der Waals surface area contributed by atoms with Crippen molar-refractivity contribution in [3.63, 3.8) is 0 Å². The summed E-state index contributed by atoms with van der Waals surface area (Å²) in [4.78, 5) is 12.3. The van der Waals surface area contributed by atoms with Crippen molar-refractivity contribution in [2.75, 3.05) is 5.73 Å². The molecule has 2 aromatic carbocycles. The molecule has 108 valence electrons. The van der Waals surface area contributed by atoms with Crippen molar-refractivity contribution in [2.45, 2.75) is 11.4 Å². The zero-order chi connectivity index (χ0) is 15.2. The number of benzene rings is 2. The maximum atomic E-state index is 12.5. The molecular formula is C14H11BrN2O3S. The zero-order valence-electron chi connectivity index (χ0n) is 10.8. The van der Waals surface area contributed by atoms with Crippen LogP contribution >= 0.6 is 15.9 Å². The molecule has 0 radical (unpaired) electrons. The van der Waals surface area contributed by atoms with Crippen LogP contribution in [0.1, 0.15) is 15.9 Å². The largest absolute Gasteiger partial charge is 0.399 e. The predicted octanol–water partition coefficient (Wildman–Crippen LogP) is 2.38. The summed E-state index contributed by atoms with van der Waals surface area (Å²) in [5.74, 6) is -0.527. The molecule has 0 saturated heterocycles. The fraction of sp³-hybridized carbons (Fsp3) is 0.0714. The smallest absolute Gasteiger partial charge is 0.269 e. The topological polar surface area (TPSA) is 80.5 Å². The van der Waals surface area contributed by atoms with E-state index in [-0.39, 0.29) is 17.0 Å². The number of rotatable bonds is 2. The average molecular weight is 367 g/mol. The quantitative estimate of drug-likeness (QED) is 0.827. The molecule has 7 heteroatoms. The summed E-state index contributed by atoms with van der Waals surface area (Å²) in [6, 6.07) is 11.5. The lowest BCUT2D eigenvalue weighted by Crippen LogP contribution is -2.29.